The number of hydrogen-bond acceptors (Lipinski definition) is 9. The molecule has 27 heavy (non-hydrogen) atoms. The molecule has 1 aromatic heterocycles. The number of esters is 1. The summed E-state index contributed by atoms with van der Waals surface area (Å²) >= 11 is 8.84. The van der Waals surface area contributed by atoms with Gasteiger partial charge >= 0.3 is 5.97 Å². The van der Waals surface area contributed by atoms with Crippen molar-refractivity contribution in [3.63, 3.8) is 0 Å². The molecule has 2 aromatic rings. The molecule has 10 heteroatoms. The van der Waals surface area contributed by atoms with E-state index in [1.54, 1.807) is 6.92 Å². The lowest BCUT2D eigenvalue weighted by Gasteiger charge is -2.08. The summed E-state index contributed by atoms with van der Waals surface area (Å²) in [4.78, 5) is 16.4. The molecule has 1 aromatic carbocycles. The number of benzene rings is 1. The number of aromatic nitrogens is 1. The zero-order valence-corrected chi connectivity index (χ0v) is 16.9. The van der Waals surface area contributed by atoms with Crippen molar-refractivity contribution in [3.05, 3.63) is 39.3 Å². The first-order valence-electron chi connectivity index (χ1n) is 8.25. The highest BCUT2D eigenvalue weighted by Crippen LogP contribution is 2.36. The minimum atomic E-state index is -0.611. The Morgan fingerprint density at radius 3 is 2.89 bits per heavy atom. The van der Waals surface area contributed by atoms with Gasteiger partial charge in [0.2, 0.25) is 0 Å². The molecule has 0 unspecified atom stereocenters. The Hall–Kier alpha value is -1.94. The van der Waals surface area contributed by atoms with Crippen molar-refractivity contribution in [2.24, 2.45) is 11.6 Å². The highest BCUT2D eigenvalue weighted by Gasteiger charge is 2.24. The number of nitrogens with two attached hydrogens (primary N) is 2. The van der Waals surface area contributed by atoms with Gasteiger partial charge < -0.3 is 20.6 Å². The van der Waals surface area contributed by atoms with E-state index in [1.807, 2.05) is 23.6 Å². The number of nitrogens with one attached hydrogen (secondary N) is 1. The second-order valence-corrected chi connectivity index (χ2v) is 8.22. The Morgan fingerprint density at radius 2 is 2.26 bits per heavy atom. The van der Waals surface area contributed by atoms with Gasteiger partial charge in [-0.25, -0.2) is 9.78 Å². The van der Waals surface area contributed by atoms with Crippen LogP contribution in [-0.4, -0.2) is 23.7 Å². The van der Waals surface area contributed by atoms with Crippen LogP contribution >= 0.6 is 34.7 Å². The van der Waals surface area contributed by atoms with Crippen molar-refractivity contribution in [2.45, 2.75) is 30.2 Å². The van der Waals surface area contributed by atoms with E-state index in [1.165, 1.54) is 11.3 Å². The van der Waals surface area contributed by atoms with Crippen molar-refractivity contribution in [1.82, 2.24) is 10.4 Å². The van der Waals surface area contributed by atoms with Gasteiger partial charge in [0.1, 0.15) is 10.8 Å². The Balaban J connectivity index is 1.74. The van der Waals surface area contributed by atoms with Crippen molar-refractivity contribution < 1.29 is 14.3 Å². The predicted octanol–water partition coefficient (Wildman–Crippen LogP) is 3.25. The first kappa shape index (κ1) is 19.8. The molecular weight excluding hydrogens is 408 g/mol. The molecule has 1 fully saturated rings. The number of thioether (sulfide) groups is 1. The van der Waals surface area contributed by atoms with E-state index in [4.69, 9.17) is 32.7 Å². The molecule has 0 aliphatic heterocycles. The molecule has 0 amide bonds. The topological polar surface area (TPSA) is 112 Å². The quantitative estimate of drug-likeness (QED) is 0.194. The van der Waals surface area contributed by atoms with Crippen LogP contribution in [0.2, 0.25) is 5.02 Å². The maximum atomic E-state index is 11.8. The molecule has 144 valence electrons. The van der Waals surface area contributed by atoms with Gasteiger partial charge in [0.05, 0.1) is 23.4 Å². The van der Waals surface area contributed by atoms with Crippen molar-refractivity contribution >= 4 is 40.7 Å². The van der Waals surface area contributed by atoms with Crippen LogP contribution in [0.1, 0.15) is 19.8 Å². The summed E-state index contributed by atoms with van der Waals surface area (Å²) < 4.78 is 11.3. The van der Waals surface area contributed by atoms with Crippen LogP contribution in [0.5, 0.6) is 5.75 Å². The number of hydrogen-bond donors (Lipinski definition) is 3. The fourth-order valence-corrected chi connectivity index (χ4v) is 4.10. The van der Waals surface area contributed by atoms with E-state index in [-0.39, 0.29) is 23.4 Å². The van der Waals surface area contributed by atoms with Crippen LogP contribution in [0.15, 0.2) is 38.6 Å². The van der Waals surface area contributed by atoms with Gasteiger partial charge in [-0.2, -0.15) is 0 Å². The first-order chi connectivity index (χ1) is 13.0. The number of halogens is 1. The monoisotopic (exact) mass is 426 g/mol. The van der Waals surface area contributed by atoms with E-state index < -0.39 is 5.97 Å². The number of hydrazine groups is 1. The second-order valence-electron chi connectivity index (χ2n) is 5.67. The Bertz CT molecular complexity index is 868. The number of rotatable bonds is 8. The molecular formula is C17H19ClN4O3S2. The lowest BCUT2D eigenvalue weighted by atomic mass is 10.2. The molecule has 5 N–H and O–H groups in total. The van der Waals surface area contributed by atoms with Crippen LogP contribution in [0.3, 0.4) is 0 Å². The van der Waals surface area contributed by atoms with E-state index in [0.717, 1.165) is 35.9 Å². The average Bonchev–Trinajstić information content (AvgIpc) is 3.33. The maximum Gasteiger partial charge on any atom is 0.358 e. The molecule has 7 nitrogen and oxygen atoms in total. The van der Waals surface area contributed by atoms with Gasteiger partial charge in [-0.05, 0) is 49.7 Å². The normalized spacial score (nSPS) is 14.5. The molecule has 3 rings (SSSR count). The third kappa shape index (κ3) is 5.07. The standard InChI is InChI=1S/C17H19ClN4O3S2/c1-2-24-16(23)14(22-20)15(19)27-17-21-12(8-26-17)9-3-6-13(11(18)7-9)25-10-4-5-10/h3,6-8,10,22H,2,4-5,19-20H2,1H3/b15-14+. The van der Waals surface area contributed by atoms with E-state index >= 15 is 0 Å². The predicted molar refractivity (Wildman–Crippen MR) is 107 cm³/mol. The van der Waals surface area contributed by atoms with Crippen molar-refractivity contribution in [1.29, 1.82) is 0 Å². The fourth-order valence-electron chi connectivity index (χ4n) is 2.14. The van der Waals surface area contributed by atoms with Gasteiger partial charge in [0.15, 0.2) is 10.0 Å². The first-order valence-corrected chi connectivity index (χ1v) is 10.3. The Morgan fingerprint density at radius 1 is 1.48 bits per heavy atom. The molecule has 1 saturated carbocycles. The molecule has 1 heterocycles. The summed E-state index contributed by atoms with van der Waals surface area (Å²) in [6.07, 6.45) is 2.44. The molecule has 0 saturated heterocycles. The van der Waals surface area contributed by atoms with Gasteiger partial charge in [0.25, 0.3) is 0 Å². The Kier molecular flexibility index (Phi) is 6.48. The highest BCUT2D eigenvalue weighted by atomic mass is 35.5. The summed E-state index contributed by atoms with van der Waals surface area (Å²) in [5.41, 5.74) is 9.88. The fraction of sp³-hybridized carbons (Fsp3) is 0.294. The number of thiazole rings is 1. The average molecular weight is 427 g/mol. The van der Waals surface area contributed by atoms with Gasteiger partial charge in [-0.3, -0.25) is 5.84 Å². The van der Waals surface area contributed by atoms with Crippen molar-refractivity contribution in [2.75, 3.05) is 6.61 Å². The van der Waals surface area contributed by atoms with Crippen LogP contribution in [0, 0.1) is 0 Å². The van der Waals surface area contributed by atoms with Crippen LogP contribution in [0.25, 0.3) is 11.3 Å². The highest BCUT2D eigenvalue weighted by molar-refractivity contribution is 8.04. The SMILES string of the molecule is CCOC(=O)/C(NN)=C(/N)Sc1nc(-c2ccc(OC3CC3)c(Cl)c2)cs1. The van der Waals surface area contributed by atoms with Gasteiger partial charge in [0, 0.05) is 10.9 Å². The van der Waals surface area contributed by atoms with Crippen molar-refractivity contribution in [3.8, 4) is 17.0 Å². The summed E-state index contributed by atoms with van der Waals surface area (Å²) in [6, 6.07) is 5.60. The zero-order valence-electron chi connectivity index (χ0n) is 14.5. The summed E-state index contributed by atoms with van der Waals surface area (Å²) in [5.74, 6) is 5.46. The third-order valence-corrected chi connectivity index (χ3v) is 5.75. The minimum Gasteiger partial charge on any atom is -0.489 e. The molecule has 0 radical (unpaired) electrons. The Labute approximate surface area is 170 Å². The summed E-state index contributed by atoms with van der Waals surface area (Å²) in [5, 5.41) is 2.63. The largest absolute Gasteiger partial charge is 0.489 e. The minimum absolute atomic E-state index is 0.00298. The number of carbonyl (C=O) groups is 1. The van der Waals surface area contributed by atoms with Crippen LogP contribution in [0.4, 0.5) is 0 Å². The molecule has 0 bridgehead atoms. The molecule has 1 aliphatic carbocycles. The van der Waals surface area contributed by atoms with E-state index in [2.05, 4.69) is 10.4 Å². The smallest absolute Gasteiger partial charge is 0.358 e. The van der Waals surface area contributed by atoms with Gasteiger partial charge in [-0.15, -0.1) is 11.3 Å². The van der Waals surface area contributed by atoms with E-state index in [9.17, 15) is 4.79 Å². The lowest BCUT2D eigenvalue weighted by molar-refractivity contribution is -0.139. The van der Waals surface area contributed by atoms with Crippen LogP contribution < -0.4 is 21.7 Å². The van der Waals surface area contributed by atoms with E-state index in [0.29, 0.717) is 15.1 Å². The lowest BCUT2D eigenvalue weighted by Crippen LogP contribution is -2.30. The number of ether oxygens (including phenoxy) is 2. The molecule has 1 aliphatic rings. The number of nitrogens with zero attached hydrogens (tertiary/aromatic N) is 1. The second kappa shape index (κ2) is 8.83. The summed E-state index contributed by atoms with van der Waals surface area (Å²) in [7, 11) is 0. The maximum absolute atomic E-state index is 11.8. The summed E-state index contributed by atoms with van der Waals surface area (Å²) in [6.45, 7) is 1.93. The zero-order chi connectivity index (χ0) is 19.4. The molecule has 0 atom stereocenters. The molecule has 0 spiro atoms. The number of carbonyl (C=O) groups excluding carboxylic acids is 1. The van der Waals surface area contributed by atoms with Crippen LogP contribution in [-0.2, 0) is 9.53 Å². The third-order valence-electron chi connectivity index (χ3n) is 3.60. The van der Waals surface area contributed by atoms with Gasteiger partial charge in [-0.1, -0.05) is 11.6 Å².